The molecule has 0 unspecified atom stereocenters. The van der Waals surface area contributed by atoms with Gasteiger partial charge >= 0.3 is 0 Å². The summed E-state index contributed by atoms with van der Waals surface area (Å²) in [6.07, 6.45) is 0.736. The Balaban J connectivity index is 2.34. The zero-order valence-corrected chi connectivity index (χ0v) is 12.0. The number of benzene rings is 1. The van der Waals surface area contributed by atoms with E-state index < -0.39 is 0 Å². The molecule has 112 valence electrons. The molecule has 0 saturated carbocycles. The normalized spacial score (nSPS) is 10.3. The Morgan fingerprint density at radius 1 is 1.25 bits per heavy atom. The van der Waals surface area contributed by atoms with Gasteiger partial charge in [-0.05, 0) is 24.6 Å². The summed E-state index contributed by atoms with van der Waals surface area (Å²) in [5.74, 6) is 0.305. The van der Waals surface area contributed by atoms with E-state index in [0.29, 0.717) is 43.4 Å². The lowest BCUT2D eigenvalue weighted by Crippen LogP contribution is -2.26. The van der Waals surface area contributed by atoms with E-state index in [9.17, 15) is 4.79 Å². The Kier molecular flexibility index (Phi) is 7.46. The number of methoxy groups -OCH3 is 2. The van der Waals surface area contributed by atoms with Crippen LogP contribution >= 0.6 is 0 Å². The number of carbonyl (C=O) groups is 1. The number of hydrogen-bond acceptors (Lipinski definition) is 5. The number of nitrogens with one attached hydrogen (secondary N) is 1. The van der Waals surface area contributed by atoms with Crippen molar-refractivity contribution < 1.29 is 19.0 Å². The average molecular weight is 282 g/mol. The Hall–Kier alpha value is -1.79. The van der Waals surface area contributed by atoms with Gasteiger partial charge in [0.1, 0.15) is 5.75 Å². The zero-order chi connectivity index (χ0) is 14.8. The molecule has 0 bridgehead atoms. The number of anilines is 1. The molecule has 6 nitrogen and oxygen atoms in total. The zero-order valence-electron chi connectivity index (χ0n) is 12.0. The Morgan fingerprint density at radius 2 is 2.05 bits per heavy atom. The van der Waals surface area contributed by atoms with Crippen LogP contribution in [0.1, 0.15) is 16.8 Å². The van der Waals surface area contributed by atoms with Crippen LogP contribution in [0.5, 0.6) is 5.75 Å². The summed E-state index contributed by atoms with van der Waals surface area (Å²) in [6, 6.07) is 4.97. The van der Waals surface area contributed by atoms with Crippen LogP contribution in [0.25, 0.3) is 0 Å². The molecule has 3 N–H and O–H groups in total. The molecule has 0 aromatic heterocycles. The van der Waals surface area contributed by atoms with Crippen molar-refractivity contribution in [3.8, 4) is 5.75 Å². The molecular weight excluding hydrogens is 260 g/mol. The minimum Gasteiger partial charge on any atom is -0.496 e. The summed E-state index contributed by atoms with van der Waals surface area (Å²) >= 11 is 0. The van der Waals surface area contributed by atoms with Crippen molar-refractivity contribution in [2.24, 2.45) is 0 Å². The third-order valence-electron chi connectivity index (χ3n) is 2.65. The molecule has 1 rings (SSSR count). The molecular formula is C14H22N2O4. The summed E-state index contributed by atoms with van der Waals surface area (Å²) < 4.78 is 15.3. The van der Waals surface area contributed by atoms with Crippen molar-refractivity contribution in [1.29, 1.82) is 0 Å². The average Bonchev–Trinajstić information content (AvgIpc) is 2.46. The van der Waals surface area contributed by atoms with Crippen molar-refractivity contribution in [1.82, 2.24) is 5.32 Å². The van der Waals surface area contributed by atoms with E-state index in [0.717, 1.165) is 6.42 Å². The predicted molar refractivity (Wildman–Crippen MR) is 77.1 cm³/mol. The van der Waals surface area contributed by atoms with E-state index in [2.05, 4.69) is 5.32 Å². The van der Waals surface area contributed by atoms with Gasteiger partial charge in [-0.25, -0.2) is 0 Å². The highest BCUT2D eigenvalue weighted by molar-refractivity contribution is 5.97. The molecule has 0 saturated heterocycles. The first kappa shape index (κ1) is 16.3. The summed E-state index contributed by atoms with van der Waals surface area (Å²) in [6.45, 7) is 2.25. The van der Waals surface area contributed by atoms with Gasteiger partial charge in [-0.3, -0.25) is 4.79 Å². The predicted octanol–water partition coefficient (Wildman–Crippen LogP) is 1.06. The van der Waals surface area contributed by atoms with Crippen LogP contribution in [0, 0.1) is 0 Å². The molecule has 6 heteroatoms. The second kappa shape index (κ2) is 9.17. The molecule has 1 aromatic carbocycles. The largest absolute Gasteiger partial charge is 0.496 e. The van der Waals surface area contributed by atoms with E-state index in [1.165, 1.54) is 7.11 Å². The first-order chi connectivity index (χ1) is 9.69. The topological polar surface area (TPSA) is 82.8 Å². The number of nitrogen functional groups attached to an aromatic ring is 1. The van der Waals surface area contributed by atoms with E-state index >= 15 is 0 Å². The highest BCUT2D eigenvalue weighted by Gasteiger charge is 2.11. The van der Waals surface area contributed by atoms with Gasteiger partial charge in [-0.1, -0.05) is 0 Å². The van der Waals surface area contributed by atoms with Crippen LogP contribution in [0.15, 0.2) is 18.2 Å². The van der Waals surface area contributed by atoms with Crippen LogP contribution in [0.4, 0.5) is 5.69 Å². The van der Waals surface area contributed by atoms with E-state index in [1.54, 1.807) is 25.3 Å². The van der Waals surface area contributed by atoms with Crippen LogP contribution in [0.2, 0.25) is 0 Å². The summed E-state index contributed by atoms with van der Waals surface area (Å²) in [7, 11) is 3.15. The first-order valence-corrected chi connectivity index (χ1v) is 6.47. The van der Waals surface area contributed by atoms with Crippen LogP contribution < -0.4 is 15.8 Å². The van der Waals surface area contributed by atoms with Gasteiger partial charge < -0.3 is 25.3 Å². The smallest absolute Gasteiger partial charge is 0.255 e. The van der Waals surface area contributed by atoms with Crippen molar-refractivity contribution >= 4 is 11.6 Å². The molecule has 0 heterocycles. The number of rotatable bonds is 9. The minimum absolute atomic E-state index is 0.203. The van der Waals surface area contributed by atoms with Gasteiger partial charge in [0.05, 0.1) is 25.9 Å². The maximum absolute atomic E-state index is 12.0. The Morgan fingerprint density at radius 3 is 2.75 bits per heavy atom. The standard InChI is InChI=1S/C14H22N2O4/c1-18-8-9-20-7-3-6-16-14(17)12-10-11(15)4-5-13(12)19-2/h4-5,10H,3,6-9,15H2,1-2H3,(H,16,17). The quantitative estimate of drug-likeness (QED) is 0.523. The molecule has 20 heavy (non-hydrogen) atoms. The molecule has 0 spiro atoms. The molecule has 0 atom stereocenters. The van der Waals surface area contributed by atoms with Crippen molar-refractivity contribution in [2.45, 2.75) is 6.42 Å². The first-order valence-electron chi connectivity index (χ1n) is 6.47. The van der Waals surface area contributed by atoms with Gasteiger partial charge in [0.15, 0.2) is 0 Å². The maximum atomic E-state index is 12.0. The molecule has 0 radical (unpaired) electrons. The van der Waals surface area contributed by atoms with Gasteiger partial charge in [0.2, 0.25) is 0 Å². The third kappa shape index (κ3) is 5.46. The number of amides is 1. The number of ether oxygens (including phenoxy) is 3. The molecule has 1 amide bonds. The molecule has 0 aliphatic carbocycles. The van der Waals surface area contributed by atoms with Crippen LogP contribution in [-0.4, -0.2) is 46.5 Å². The van der Waals surface area contributed by atoms with E-state index in [4.69, 9.17) is 19.9 Å². The third-order valence-corrected chi connectivity index (χ3v) is 2.65. The number of hydrogen-bond donors (Lipinski definition) is 2. The van der Waals surface area contributed by atoms with Crippen LogP contribution in [-0.2, 0) is 9.47 Å². The second-order valence-electron chi connectivity index (χ2n) is 4.17. The Bertz CT molecular complexity index is 424. The lowest BCUT2D eigenvalue weighted by molar-refractivity contribution is 0.0688. The van der Waals surface area contributed by atoms with Gasteiger partial charge in [0, 0.05) is 25.9 Å². The molecule has 0 aliphatic heterocycles. The van der Waals surface area contributed by atoms with Gasteiger partial charge in [0.25, 0.3) is 5.91 Å². The number of nitrogens with two attached hydrogens (primary N) is 1. The monoisotopic (exact) mass is 282 g/mol. The highest BCUT2D eigenvalue weighted by atomic mass is 16.5. The van der Waals surface area contributed by atoms with E-state index in [-0.39, 0.29) is 5.91 Å². The highest BCUT2D eigenvalue weighted by Crippen LogP contribution is 2.20. The van der Waals surface area contributed by atoms with E-state index in [1.807, 2.05) is 0 Å². The molecule has 0 fully saturated rings. The summed E-state index contributed by atoms with van der Waals surface area (Å²) in [5.41, 5.74) is 6.64. The lowest BCUT2D eigenvalue weighted by atomic mass is 10.1. The SMILES string of the molecule is COCCOCCCNC(=O)c1cc(N)ccc1OC. The Labute approximate surface area is 119 Å². The summed E-state index contributed by atoms with van der Waals surface area (Å²) in [4.78, 5) is 12.0. The second-order valence-corrected chi connectivity index (χ2v) is 4.17. The fourth-order valence-corrected chi connectivity index (χ4v) is 1.62. The molecule has 0 aliphatic rings. The van der Waals surface area contributed by atoms with Crippen LogP contribution in [0.3, 0.4) is 0 Å². The van der Waals surface area contributed by atoms with Gasteiger partial charge in [-0.2, -0.15) is 0 Å². The fraction of sp³-hybridized carbons (Fsp3) is 0.500. The maximum Gasteiger partial charge on any atom is 0.255 e. The number of carbonyl (C=O) groups excluding carboxylic acids is 1. The van der Waals surface area contributed by atoms with Crippen molar-refractivity contribution in [3.05, 3.63) is 23.8 Å². The fourth-order valence-electron chi connectivity index (χ4n) is 1.62. The van der Waals surface area contributed by atoms with Gasteiger partial charge in [-0.15, -0.1) is 0 Å². The van der Waals surface area contributed by atoms with Crippen molar-refractivity contribution in [2.75, 3.05) is 46.3 Å². The summed E-state index contributed by atoms with van der Waals surface area (Å²) in [5, 5.41) is 2.81. The molecule has 1 aromatic rings. The lowest BCUT2D eigenvalue weighted by Gasteiger charge is -2.10. The minimum atomic E-state index is -0.203. The van der Waals surface area contributed by atoms with Crippen molar-refractivity contribution in [3.63, 3.8) is 0 Å².